The van der Waals surface area contributed by atoms with E-state index in [1.54, 1.807) is 24.3 Å². The second kappa shape index (κ2) is 7.65. The van der Waals surface area contributed by atoms with Gasteiger partial charge in [0, 0.05) is 36.1 Å². The van der Waals surface area contributed by atoms with Crippen molar-refractivity contribution < 1.29 is 17.9 Å². The van der Waals surface area contributed by atoms with Crippen molar-refractivity contribution in [1.29, 1.82) is 0 Å². The predicted octanol–water partition coefficient (Wildman–Crippen LogP) is 1.55. The minimum absolute atomic E-state index is 0. The molecule has 25 heavy (non-hydrogen) atoms. The average molecular weight is 386 g/mol. The van der Waals surface area contributed by atoms with Gasteiger partial charge in [0.2, 0.25) is 10.0 Å². The van der Waals surface area contributed by atoms with Crippen LogP contribution in [0.1, 0.15) is 23.3 Å². The van der Waals surface area contributed by atoms with E-state index in [4.69, 9.17) is 10.5 Å². The minimum atomic E-state index is -3.70. The van der Waals surface area contributed by atoms with Gasteiger partial charge in [0.25, 0.3) is 0 Å². The SMILES string of the molecule is COC(=O)c1nccc2c(S(=O)(=O)N3CCCC(N)C3)cccc12.Cl. The molecule has 1 aliphatic heterocycles. The molecule has 2 heterocycles. The van der Waals surface area contributed by atoms with Crippen molar-refractivity contribution >= 4 is 39.2 Å². The molecule has 1 aromatic carbocycles. The number of halogens is 1. The van der Waals surface area contributed by atoms with Gasteiger partial charge in [-0.05, 0) is 25.0 Å². The Balaban J connectivity index is 0.00000225. The Kier molecular flexibility index (Phi) is 5.99. The van der Waals surface area contributed by atoms with Crippen molar-refractivity contribution in [3.8, 4) is 0 Å². The van der Waals surface area contributed by atoms with Gasteiger partial charge in [-0.25, -0.2) is 18.2 Å². The molecule has 1 atom stereocenters. The average Bonchev–Trinajstić information content (AvgIpc) is 2.60. The van der Waals surface area contributed by atoms with E-state index in [1.165, 1.54) is 17.6 Å². The van der Waals surface area contributed by atoms with Crippen molar-refractivity contribution in [2.75, 3.05) is 20.2 Å². The number of piperidine rings is 1. The zero-order chi connectivity index (χ0) is 17.3. The number of hydrogen-bond donors (Lipinski definition) is 1. The van der Waals surface area contributed by atoms with Crippen molar-refractivity contribution in [2.45, 2.75) is 23.8 Å². The van der Waals surface area contributed by atoms with E-state index in [0.717, 1.165) is 12.8 Å². The number of fused-ring (bicyclic) bond motifs is 1. The normalized spacial score (nSPS) is 18.6. The van der Waals surface area contributed by atoms with Crippen LogP contribution in [0.15, 0.2) is 35.4 Å². The molecular formula is C16H20ClN3O4S. The summed E-state index contributed by atoms with van der Waals surface area (Å²) in [7, 11) is -2.43. The molecule has 1 aliphatic rings. The number of sulfonamides is 1. The third-order valence-electron chi connectivity index (χ3n) is 4.18. The molecule has 2 aromatic rings. The fourth-order valence-electron chi connectivity index (χ4n) is 2.99. The second-order valence-corrected chi connectivity index (χ2v) is 7.67. The van der Waals surface area contributed by atoms with E-state index in [9.17, 15) is 13.2 Å². The van der Waals surface area contributed by atoms with Crippen LogP contribution in [-0.4, -0.2) is 49.9 Å². The summed E-state index contributed by atoms with van der Waals surface area (Å²) < 4.78 is 32.2. The van der Waals surface area contributed by atoms with Gasteiger partial charge in [0.05, 0.1) is 12.0 Å². The molecule has 2 N–H and O–H groups in total. The Bertz CT molecular complexity index is 888. The largest absolute Gasteiger partial charge is 0.464 e. The van der Waals surface area contributed by atoms with Crippen LogP contribution in [0, 0.1) is 0 Å². The molecule has 9 heteroatoms. The molecule has 0 aliphatic carbocycles. The van der Waals surface area contributed by atoms with Gasteiger partial charge in [0.15, 0.2) is 5.69 Å². The van der Waals surface area contributed by atoms with E-state index in [1.807, 2.05) is 0 Å². The van der Waals surface area contributed by atoms with Gasteiger partial charge in [0.1, 0.15) is 0 Å². The Morgan fingerprint density at radius 3 is 2.76 bits per heavy atom. The maximum absolute atomic E-state index is 13.0. The summed E-state index contributed by atoms with van der Waals surface area (Å²) in [6.07, 6.45) is 2.97. The van der Waals surface area contributed by atoms with Crippen LogP contribution >= 0.6 is 12.4 Å². The second-order valence-electron chi connectivity index (χ2n) is 5.77. The Labute approximate surface area is 152 Å². The van der Waals surface area contributed by atoms with Gasteiger partial charge in [-0.15, -0.1) is 12.4 Å². The molecule has 1 saturated heterocycles. The van der Waals surface area contributed by atoms with Crippen LogP contribution in [0.2, 0.25) is 0 Å². The molecule has 0 saturated carbocycles. The Morgan fingerprint density at radius 2 is 2.08 bits per heavy atom. The molecule has 0 amide bonds. The van der Waals surface area contributed by atoms with Crippen LogP contribution in [-0.2, 0) is 14.8 Å². The molecule has 7 nitrogen and oxygen atoms in total. The molecule has 1 unspecified atom stereocenters. The summed E-state index contributed by atoms with van der Waals surface area (Å²) >= 11 is 0. The summed E-state index contributed by atoms with van der Waals surface area (Å²) in [5.74, 6) is -0.602. The molecular weight excluding hydrogens is 366 g/mol. The summed E-state index contributed by atoms with van der Waals surface area (Å²) in [4.78, 5) is 16.0. The topological polar surface area (TPSA) is 103 Å². The fourth-order valence-corrected chi connectivity index (χ4v) is 4.74. The number of nitrogens with two attached hydrogens (primary N) is 1. The fraction of sp³-hybridized carbons (Fsp3) is 0.375. The first kappa shape index (κ1) is 19.6. The number of rotatable bonds is 3. The first-order chi connectivity index (χ1) is 11.4. The van der Waals surface area contributed by atoms with E-state index in [-0.39, 0.29) is 29.0 Å². The number of benzene rings is 1. The molecule has 0 bridgehead atoms. The summed E-state index contributed by atoms with van der Waals surface area (Å²) in [6.45, 7) is 0.745. The summed E-state index contributed by atoms with van der Waals surface area (Å²) in [6, 6.07) is 6.25. The summed E-state index contributed by atoms with van der Waals surface area (Å²) in [5, 5.41) is 0.902. The van der Waals surface area contributed by atoms with Crippen LogP contribution in [0.4, 0.5) is 0 Å². The number of aromatic nitrogens is 1. The lowest BCUT2D eigenvalue weighted by Gasteiger charge is -2.30. The number of carbonyl (C=O) groups is 1. The first-order valence-corrected chi connectivity index (χ1v) is 9.11. The zero-order valence-corrected chi connectivity index (χ0v) is 15.3. The van der Waals surface area contributed by atoms with Crippen LogP contribution in [0.3, 0.4) is 0 Å². The quantitative estimate of drug-likeness (QED) is 0.804. The summed E-state index contributed by atoms with van der Waals surface area (Å²) in [5.41, 5.74) is 6.02. The maximum atomic E-state index is 13.0. The third-order valence-corrected chi connectivity index (χ3v) is 6.11. The molecule has 3 rings (SSSR count). The van der Waals surface area contributed by atoms with E-state index in [2.05, 4.69) is 4.98 Å². The molecule has 0 radical (unpaired) electrons. The predicted molar refractivity (Wildman–Crippen MR) is 96.3 cm³/mol. The van der Waals surface area contributed by atoms with Crippen molar-refractivity contribution in [3.63, 3.8) is 0 Å². The molecule has 1 fully saturated rings. The van der Waals surface area contributed by atoms with Gasteiger partial charge >= 0.3 is 5.97 Å². The first-order valence-electron chi connectivity index (χ1n) is 7.67. The highest BCUT2D eigenvalue weighted by molar-refractivity contribution is 7.89. The highest BCUT2D eigenvalue weighted by atomic mass is 35.5. The number of pyridine rings is 1. The van der Waals surface area contributed by atoms with Crippen molar-refractivity contribution in [1.82, 2.24) is 9.29 Å². The Hall–Kier alpha value is -1.74. The van der Waals surface area contributed by atoms with Crippen molar-refractivity contribution in [2.24, 2.45) is 5.73 Å². The zero-order valence-electron chi connectivity index (χ0n) is 13.7. The minimum Gasteiger partial charge on any atom is -0.464 e. The number of methoxy groups -OCH3 is 1. The number of carbonyl (C=O) groups excluding carboxylic acids is 1. The molecule has 136 valence electrons. The molecule has 1 aromatic heterocycles. The lowest BCUT2D eigenvalue weighted by Crippen LogP contribution is -2.45. The van der Waals surface area contributed by atoms with Crippen LogP contribution in [0.25, 0.3) is 10.8 Å². The highest BCUT2D eigenvalue weighted by Crippen LogP contribution is 2.28. The van der Waals surface area contributed by atoms with Crippen molar-refractivity contribution in [3.05, 3.63) is 36.2 Å². The van der Waals surface area contributed by atoms with Gasteiger partial charge < -0.3 is 10.5 Å². The Morgan fingerprint density at radius 1 is 1.32 bits per heavy atom. The van der Waals surface area contributed by atoms with Gasteiger partial charge in [-0.3, -0.25) is 0 Å². The number of nitrogens with zero attached hydrogens (tertiary/aromatic N) is 2. The van der Waals surface area contributed by atoms with E-state index >= 15 is 0 Å². The number of esters is 1. The van der Waals surface area contributed by atoms with Gasteiger partial charge in [-0.2, -0.15) is 4.31 Å². The third kappa shape index (κ3) is 3.62. The van der Waals surface area contributed by atoms with Gasteiger partial charge in [-0.1, -0.05) is 12.1 Å². The monoisotopic (exact) mass is 385 g/mol. The standard InChI is InChI=1S/C16H19N3O4S.ClH/c1-23-16(20)15-13-5-2-6-14(12(13)7-8-18-15)24(21,22)19-9-3-4-11(17)10-19;/h2,5-8,11H,3-4,9-10,17H2,1H3;1H. The number of ether oxygens (including phenoxy) is 1. The molecule has 0 spiro atoms. The number of hydrogen-bond acceptors (Lipinski definition) is 6. The smallest absolute Gasteiger partial charge is 0.357 e. The van der Waals surface area contributed by atoms with E-state index in [0.29, 0.717) is 23.9 Å². The maximum Gasteiger partial charge on any atom is 0.357 e. The van der Waals surface area contributed by atoms with Crippen LogP contribution < -0.4 is 5.73 Å². The highest BCUT2D eigenvalue weighted by Gasteiger charge is 2.30. The van der Waals surface area contributed by atoms with Crippen LogP contribution in [0.5, 0.6) is 0 Å². The van der Waals surface area contributed by atoms with E-state index < -0.39 is 16.0 Å². The lowest BCUT2D eigenvalue weighted by molar-refractivity contribution is 0.0596. The lowest BCUT2D eigenvalue weighted by atomic mass is 10.1.